The van der Waals surface area contributed by atoms with Gasteiger partial charge in [-0.15, -0.1) is 5.10 Å². The fraction of sp³-hybridized carbons (Fsp3) is 0.316. The van der Waals surface area contributed by atoms with Crippen LogP contribution in [-0.4, -0.2) is 46.7 Å². The molecule has 0 aliphatic carbocycles. The lowest BCUT2D eigenvalue weighted by Crippen LogP contribution is -2.25. The normalized spacial score (nSPS) is 10.8. The number of rotatable bonds is 6. The SMILES string of the molecule is CCn1nc(-c2cccc(C(=O)N(C)Cc3ccsc3)c2)nc1N(C)C. The van der Waals surface area contributed by atoms with E-state index < -0.39 is 0 Å². The molecular formula is C19H23N5OS. The Morgan fingerprint density at radius 1 is 1.23 bits per heavy atom. The maximum atomic E-state index is 12.8. The van der Waals surface area contributed by atoms with Crippen molar-refractivity contribution in [3.63, 3.8) is 0 Å². The van der Waals surface area contributed by atoms with Gasteiger partial charge < -0.3 is 9.80 Å². The van der Waals surface area contributed by atoms with E-state index in [4.69, 9.17) is 0 Å². The molecule has 0 spiro atoms. The van der Waals surface area contributed by atoms with Gasteiger partial charge in [0.15, 0.2) is 5.82 Å². The molecule has 2 aromatic heterocycles. The summed E-state index contributed by atoms with van der Waals surface area (Å²) in [6.45, 7) is 3.37. The third-order valence-electron chi connectivity index (χ3n) is 4.07. The molecule has 6 nitrogen and oxygen atoms in total. The molecule has 0 N–H and O–H groups in total. The summed E-state index contributed by atoms with van der Waals surface area (Å²) in [5.41, 5.74) is 2.62. The molecule has 26 heavy (non-hydrogen) atoms. The maximum Gasteiger partial charge on any atom is 0.253 e. The van der Waals surface area contributed by atoms with Crippen molar-refractivity contribution in [2.75, 3.05) is 26.0 Å². The lowest BCUT2D eigenvalue weighted by molar-refractivity contribution is 0.0785. The van der Waals surface area contributed by atoms with Gasteiger partial charge in [-0.2, -0.15) is 16.3 Å². The average Bonchev–Trinajstić information content (AvgIpc) is 3.30. The predicted octanol–water partition coefficient (Wildman–Crippen LogP) is 3.36. The molecule has 136 valence electrons. The van der Waals surface area contributed by atoms with Crippen molar-refractivity contribution in [2.45, 2.75) is 20.0 Å². The van der Waals surface area contributed by atoms with Crippen LogP contribution in [0.15, 0.2) is 41.1 Å². The first-order valence-electron chi connectivity index (χ1n) is 8.48. The van der Waals surface area contributed by atoms with Crippen LogP contribution in [0.5, 0.6) is 0 Å². The molecule has 0 saturated heterocycles. The number of benzene rings is 1. The van der Waals surface area contributed by atoms with Crippen molar-refractivity contribution < 1.29 is 4.79 Å². The van der Waals surface area contributed by atoms with Crippen molar-refractivity contribution in [1.29, 1.82) is 0 Å². The van der Waals surface area contributed by atoms with Gasteiger partial charge in [0, 0.05) is 45.4 Å². The summed E-state index contributed by atoms with van der Waals surface area (Å²) in [4.78, 5) is 21.0. The third-order valence-corrected chi connectivity index (χ3v) is 4.80. The Hall–Kier alpha value is -2.67. The largest absolute Gasteiger partial charge is 0.347 e. The van der Waals surface area contributed by atoms with Crippen molar-refractivity contribution in [1.82, 2.24) is 19.7 Å². The summed E-state index contributed by atoms with van der Waals surface area (Å²) in [5, 5.41) is 8.65. The van der Waals surface area contributed by atoms with E-state index in [-0.39, 0.29) is 5.91 Å². The number of carbonyl (C=O) groups is 1. The lowest BCUT2D eigenvalue weighted by Gasteiger charge is -2.16. The van der Waals surface area contributed by atoms with Crippen molar-refractivity contribution in [3.05, 3.63) is 52.2 Å². The fourth-order valence-corrected chi connectivity index (χ4v) is 3.40. The molecule has 0 fully saturated rings. The van der Waals surface area contributed by atoms with Gasteiger partial charge in [-0.3, -0.25) is 4.79 Å². The molecule has 1 aromatic carbocycles. The first-order valence-corrected chi connectivity index (χ1v) is 9.43. The monoisotopic (exact) mass is 369 g/mol. The van der Waals surface area contributed by atoms with Crippen LogP contribution in [0.2, 0.25) is 0 Å². The fourth-order valence-electron chi connectivity index (χ4n) is 2.74. The molecule has 0 atom stereocenters. The molecule has 0 bridgehead atoms. The van der Waals surface area contributed by atoms with Crippen LogP contribution in [0.1, 0.15) is 22.8 Å². The summed E-state index contributed by atoms with van der Waals surface area (Å²) in [5.74, 6) is 1.42. The van der Waals surface area contributed by atoms with Gasteiger partial charge in [0.05, 0.1) is 0 Å². The van der Waals surface area contributed by atoms with Crippen LogP contribution in [-0.2, 0) is 13.1 Å². The van der Waals surface area contributed by atoms with Gasteiger partial charge in [-0.05, 0) is 41.4 Å². The molecule has 0 aliphatic rings. The third kappa shape index (κ3) is 3.77. The van der Waals surface area contributed by atoms with Gasteiger partial charge in [0.1, 0.15) is 0 Å². The van der Waals surface area contributed by atoms with Gasteiger partial charge in [0.2, 0.25) is 5.95 Å². The minimum Gasteiger partial charge on any atom is -0.347 e. The number of hydrogen-bond donors (Lipinski definition) is 0. The molecule has 0 unspecified atom stereocenters. The standard InChI is InChI=1S/C19H23N5OS/c1-5-24-19(22(2)3)20-17(21-24)15-7-6-8-16(11-15)18(25)23(4)12-14-9-10-26-13-14/h6-11,13H,5,12H2,1-4H3. The Labute approximate surface area is 157 Å². The molecular weight excluding hydrogens is 346 g/mol. The van der Waals surface area contributed by atoms with E-state index in [0.29, 0.717) is 17.9 Å². The molecule has 3 rings (SSSR count). The van der Waals surface area contributed by atoms with E-state index in [1.807, 2.05) is 73.4 Å². The first kappa shape index (κ1) is 18.1. The van der Waals surface area contributed by atoms with Crippen LogP contribution in [0.25, 0.3) is 11.4 Å². The number of amides is 1. The molecule has 1 amide bonds. The molecule has 0 saturated carbocycles. The number of thiophene rings is 1. The number of aryl methyl sites for hydroxylation is 1. The second-order valence-corrected chi connectivity index (χ2v) is 7.10. The summed E-state index contributed by atoms with van der Waals surface area (Å²) in [7, 11) is 5.71. The molecule has 0 radical (unpaired) electrons. The topological polar surface area (TPSA) is 54.3 Å². The Morgan fingerprint density at radius 2 is 2.04 bits per heavy atom. The smallest absolute Gasteiger partial charge is 0.253 e. The highest BCUT2D eigenvalue weighted by atomic mass is 32.1. The zero-order valence-electron chi connectivity index (χ0n) is 15.5. The minimum absolute atomic E-state index is 0.0131. The summed E-state index contributed by atoms with van der Waals surface area (Å²) in [6, 6.07) is 9.54. The number of carbonyl (C=O) groups excluding carboxylic acids is 1. The van der Waals surface area contributed by atoms with E-state index in [9.17, 15) is 4.79 Å². The van der Waals surface area contributed by atoms with E-state index in [2.05, 4.69) is 15.5 Å². The second-order valence-electron chi connectivity index (χ2n) is 6.32. The Bertz CT molecular complexity index is 885. The Balaban J connectivity index is 1.85. The number of aromatic nitrogens is 3. The predicted molar refractivity (Wildman–Crippen MR) is 106 cm³/mol. The lowest BCUT2D eigenvalue weighted by atomic mass is 10.1. The van der Waals surface area contributed by atoms with Crippen molar-refractivity contribution >= 4 is 23.2 Å². The van der Waals surface area contributed by atoms with Gasteiger partial charge in [0.25, 0.3) is 5.91 Å². The van der Waals surface area contributed by atoms with Crippen LogP contribution < -0.4 is 4.90 Å². The van der Waals surface area contributed by atoms with Gasteiger partial charge >= 0.3 is 0 Å². The van der Waals surface area contributed by atoms with Crippen LogP contribution in [0.3, 0.4) is 0 Å². The highest BCUT2D eigenvalue weighted by Crippen LogP contribution is 2.21. The molecule has 2 heterocycles. The Morgan fingerprint density at radius 3 is 2.65 bits per heavy atom. The maximum absolute atomic E-state index is 12.8. The Kier molecular flexibility index (Phi) is 5.37. The highest BCUT2D eigenvalue weighted by molar-refractivity contribution is 7.07. The average molecular weight is 369 g/mol. The minimum atomic E-state index is -0.0131. The second kappa shape index (κ2) is 7.70. The van der Waals surface area contributed by atoms with E-state index in [1.165, 1.54) is 0 Å². The molecule has 0 aliphatic heterocycles. The zero-order valence-corrected chi connectivity index (χ0v) is 16.3. The molecule has 7 heteroatoms. The van der Waals surface area contributed by atoms with E-state index in [1.54, 1.807) is 16.2 Å². The molecule has 3 aromatic rings. The number of nitrogens with zero attached hydrogens (tertiary/aromatic N) is 5. The number of anilines is 1. The quantitative estimate of drug-likeness (QED) is 0.668. The van der Waals surface area contributed by atoms with Crippen LogP contribution in [0.4, 0.5) is 5.95 Å². The zero-order chi connectivity index (χ0) is 18.7. The van der Waals surface area contributed by atoms with E-state index in [0.717, 1.165) is 23.6 Å². The summed E-state index contributed by atoms with van der Waals surface area (Å²) >= 11 is 1.64. The van der Waals surface area contributed by atoms with E-state index >= 15 is 0 Å². The summed E-state index contributed by atoms with van der Waals surface area (Å²) in [6.07, 6.45) is 0. The number of hydrogen-bond acceptors (Lipinski definition) is 5. The van der Waals surface area contributed by atoms with Gasteiger partial charge in [-0.25, -0.2) is 4.68 Å². The highest BCUT2D eigenvalue weighted by Gasteiger charge is 2.16. The first-order chi connectivity index (χ1) is 12.5. The van der Waals surface area contributed by atoms with Crippen molar-refractivity contribution in [2.24, 2.45) is 0 Å². The van der Waals surface area contributed by atoms with Gasteiger partial charge in [-0.1, -0.05) is 12.1 Å². The summed E-state index contributed by atoms with van der Waals surface area (Å²) < 4.78 is 1.85. The van der Waals surface area contributed by atoms with Crippen LogP contribution >= 0.6 is 11.3 Å². The van der Waals surface area contributed by atoms with Crippen molar-refractivity contribution in [3.8, 4) is 11.4 Å². The van der Waals surface area contributed by atoms with Crippen LogP contribution in [0, 0.1) is 0 Å².